The fourth-order valence-corrected chi connectivity index (χ4v) is 2.91. The summed E-state index contributed by atoms with van der Waals surface area (Å²) in [6.45, 7) is 2.51. The van der Waals surface area contributed by atoms with E-state index < -0.39 is 17.7 Å². The minimum atomic E-state index is -0.492. The van der Waals surface area contributed by atoms with Gasteiger partial charge in [-0.1, -0.05) is 0 Å². The van der Waals surface area contributed by atoms with Crippen molar-refractivity contribution in [2.45, 2.75) is 24.9 Å². The third kappa shape index (κ3) is 3.75. The van der Waals surface area contributed by atoms with Crippen LogP contribution in [0, 0.1) is 11.6 Å². The van der Waals surface area contributed by atoms with E-state index in [-0.39, 0.29) is 5.56 Å². The zero-order valence-corrected chi connectivity index (χ0v) is 12.1. The molecule has 0 aromatic heterocycles. The molecule has 1 aromatic rings. The van der Waals surface area contributed by atoms with Crippen LogP contribution >= 0.6 is 0 Å². The zero-order valence-electron chi connectivity index (χ0n) is 12.1. The lowest BCUT2D eigenvalue weighted by Crippen LogP contribution is -2.41. The molecule has 1 aliphatic heterocycles. The highest BCUT2D eigenvalue weighted by Gasteiger charge is 2.27. The number of halogens is 2. The molecule has 2 unspecified atom stereocenters. The van der Waals surface area contributed by atoms with E-state index in [1.807, 2.05) is 14.1 Å². The van der Waals surface area contributed by atoms with Crippen molar-refractivity contribution in [1.29, 1.82) is 0 Å². The Hall–Kier alpha value is -1.04. The number of hydrogen-bond acceptors (Lipinski definition) is 3. The van der Waals surface area contributed by atoms with Gasteiger partial charge in [-0.2, -0.15) is 0 Å². The molecule has 0 spiro atoms. The first-order valence-electron chi connectivity index (χ1n) is 7.06. The summed E-state index contributed by atoms with van der Waals surface area (Å²) >= 11 is 0. The van der Waals surface area contributed by atoms with Gasteiger partial charge in [-0.15, -0.1) is 0 Å². The third-order valence-electron chi connectivity index (χ3n) is 3.86. The summed E-state index contributed by atoms with van der Waals surface area (Å²) in [5.41, 5.74) is 6.34. The van der Waals surface area contributed by atoms with Crippen molar-refractivity contribution in [1.82, 2.24) is 9.80 Å². The predicted octanol–water partition coefficient (Wildman–Crippen LogP) is 1.99. The average molecular weight is 283 g/mol. The Labute approximate surface area is 119 Å². The van der Waals surface area contributed by atoms with Gasteiger partial charge >= 0.3 is 0 Å². The number of nitrogens with zero attached hydrogens (tertiary/aromatic N) is 2. The van der Waals surface area contributed by atoms with E-state index >= 15 is 0 Å². The van der Waals surface area contributed by atoms with Gasteiger partial charge in [0.15, 0.2) is 0 Å². The van der Waals surface area contributed by atoms with Crippen LogP contribution in [0.5, 0.6) is 0 Å². The molecule has 2 atom stereocenters. The summed E-state index contributed by atoms with van der Waals surface area (Å²) in [5, 5.41) is 0. The molecule has 1 aliphatic rings. The average Bonchev–Trinajstić information content (AvgIpc) is 2.78. The highest BCUT2D eigenvalue weighted by molar-refractivity contribution is 5.22. The van der Waals surface area contributed by atoms with Crippen LogP contribution in [-0.4, -0.2) is 49.6 Å². The van der Waals surface area contributed by atoms with Gasteiger partial charge in [0.25, 0.3) is 0 Å². The molecule has 1 aromatic carbocycles. The lowest BCUT2D eigenvalue weighted by Gasteiger charge is -2.29. The number of likely N-dealkylation sites (N-methyl/N-ethyl adjacent to an activating group) is 1. The van der Waals surface area contributed by atoms with Gasteiger partial charge in [0, 0.05) is 30.7 Å². The molecule has 0 saturated carbocycles. The van der Waals surface area contributed by atoms with Gasteiger partial charge in [0.1, 0.15) is 11.6 Å². The summed E-state index contributed by atoms with van der Waals surface area (Å²) in [6.07, 6.45) is 2.27. The van der Waals surface area contributed by atoms with Gasteiger partial charge in [-0.25, -0.2) is 8.78 Å². The molecular formula is C15H23F2N3. The quantitative estimate of drug-likeness (QED) is 0.897. The highest BCUT2D eigenvalue weighted by Crippen LogP contribution is 2.23. The van der Waals surface area contributed by atoms with Crippen LogP contribution < -0.4 is 5.73 Å². The smallest absolute Gasteiger partial charge is 0.128 e. The molecule has 2 rings (SSSR count). The van der Waals surface area contributed by atoms with Gasteiger partial charge < -0.3 is 10.6 Å². The molecule has 0 aliphatic carbocycles. The lowest BCUT2D eigenvalue weighted by molar-refractivity contribution is 0.197. The van der Waals surface area contributed by atoms with Crippen molar-refractivity contribution in [3.05, 3.63) is 35.4 Å². The van der Waals surface area contributed by atoms with Crippen molar-refractivity contribution < 1.29 is 8.78 Å². The summed E-state index contributed by atoms with van der Waals surface area (Å²) in [4.78, 5) is 4.44. The molecule has 2 N–H and O–H groups in total. The van der Waals surface area contributed by atoms with Gasteiger partial charge in [-0.05, 0) is 51.7 Å². The first-order valence-corrected chi connectivity index (χ1v) is 7.06. The molecule has 0 radical (unpaired) electrons. The van der Waals surface area contributed by atoms with Crippen molar-refractivity contribution in [2.24, 2.45) is 5.73 Å². The first-order chi connectivity index (χ1) is 9.47. The molecule has 1 fully saturated rings. The second-order valence-electron chi connectivity index (χ2n) is 5.83. The van der Waals surface area contributed by atoms with Crippen LogP contribution in [0.4, 0.5) is 8.78 Å². The molecule has 0 amide bonds. The van der Waals surface area contributed by atoms with E-state index in [4.69, 9.17) is 5.73 Å². The van der Waals surface area contributed by atoms with Crippen molar-refractivity contribution >= 4 is 0 Å². The fourth-order valence-electron chi connectivity index (χ4n) is 2.91. The summed E-state index contributed by atoms with van der Waals surface area (Å²) in [5.74, 6) is -0.870. The lowest BCUT2D eigenvalue weighted by atomic mass is 10.1. The van der Waals surface area contributed by atoms with Crippen molar-refractivity contribution in [2.75, 3.05) is 33.7 Å². The SMILES string of the molecule is CN(C)CC1CCCN1CC(N)c1cc(F)ccc1F. The van der Waals surface area contributed by atoms with Crippen LogP contribution in [0.2, 0.25) is 0 Å². The van der Waals surface area contributed by atoms with Crippen LogP contribution in [0.15, 0.2) is 18.2 Å². The Kier molecular flexibility index (Phi) is 5.07. The Morgan fingerprint density at radius 2 is 2.15 bits per heavy atom. The Bertz CT molecular complexity index is 451. The van der Waals surface area contributed by atoms with Crippen LogP contribution in [0.25, 0.3) is 0 Å². The molecule has 20 heavy (non-hydrogen) atoms. The number of nitrogens with two attached hydrogens (primary N) is 1. The Morgan fingerprint density at radius 3 is 2.85 bits per heavy atom. The highest BCUT2D eigenvalue weighted by atomic mass is 19.1. The Balaban J connectivity index is 2.03. The number of benzene rings is 1. The van der Waals surface area contributed by atoms with E-state index in [1.54, 1.807) is 0 Å². The van der Waals surface area contributed by atoms with Gasteiger partial charge in [0.2, 0.25) is 0 Å². The maximum atomic E-state index is 13.7. The zero-order chi connectivity index (χ0) is 14.7. The normalized spacial score (nSPS) is 21.6. The fraction of sp³-hybridized carbons (Fsp3) is 0.600. The predicted molar refractivity (Wildman–Crippen MR) is 76.4 cm³/mol. The number of likely N-dealkylation sites (tertiary alicyclic amines) is 1. The molecular weight excluding hydrogens is 260 g/mol. The molecule has 1 heterocycles. The number of rotatable bonds is 5. The van der Waals surface area contributed by atoms with E-state index in [2.05, 4.69) is 9.80 Å². The van der Waals surface area contributed by atoms with E-state index in [1.165, 1.54) is 6.07 Å². The topological polar surface area (TPSA) is 32.5 Å². The van der Waals surface area contributed by atoms with Crippen LogP contribution in [0.3, 0.4) is 0 Å². The standard InChI is InChI=1S/C15H23F2N3/c1-19(2)9-12-4-3-7-20(12)10-15(18)13-8-11(16)5-6-14(13)17/h5-6,8,12,15H,3-4,7,9-10,18H2,1-2H3. The monoisotopic (exact) mass is 283 g/mol. The molecule has 112 valence electrons. The summed E-state index contributed by atoms with van der Waals surface area (Å²) in [6, 6.07) is 3.43. The molecule has 5 heteroatoms. The van der Waals surface area contributed by atoms with Crippen LogP contribution in [0.1, 0.15) is 24.4 Å². The number of hydrogen-bond donors (Lipinski definition) is 1. The molecule has 0 bridgehead atoms. The van der Waals surface area contributed by atoms with Gasteiger partial charge in [-0.3, -0.25) is 4.90 Å². The van der Waals surface area contributed by atoms with Gasteiger partial charge in [0.05, 0.1) is 0 Å². The van der Waals surface area contributed by atoms with Crippen LogP contribution in [-0.2, 0) is 0 Å². The van der Waals surface area contributed by atoms with E-state index in [9.17, 15) is 8.78 Å². The maximum Gasteiger partial charge on any atom is 0.128 e. The second kappa shape index (κ2) is 6.61. The largest absolute Gasteiger partial charge is 0.323 e. The summed E-state index contributed by atoms with van der Waals surface area (Å²) in [7, 11) is 4.09. The minimum absolute atomic E-state index is 0.264. The second-order valence-corrected chi connectivity index (χ2v) is 5.83. The van der Waals surface area contributed by atoms with E-state index in [0.29, 0.717) is 12.6 Å². The summed E-state index contributed by atoms with van der Waals surface area (Å²) < 4.78 is 27.0. The van der Waals surface area contributed by atoms with Crippen molar-refractivity contribution in [3.63, 3.8) is 0 Å². The first kappa shape index (κ1) is 15.4. The Morgan fingerprint density at radius 1 is 1.40 bits per heavy atom. The molecule has 3 nitrogen and oxygen atoms in total. The van der Waals surface area contributed by atoms with E-state index in [0.717, 1.165) is 38.1 Å². The maximum absolute atomic E-state index is 13.7. The third-order valence-corrected chi connectivity index (χ3v) is 3.86. The minimum Gasteiger partial charge on any atom is -0.323 e. The molecule has 1 saturated heterocycles. The van der Waals surface area contributed by atoms with Crippen molar-refractivity contribution in [3.8, 4) is 0 Å².